The molecule has 3 aromatic rings. The topological polar surface area (TPSA) is 49.4 Å². The number of hydrogen-bond donors (Lipinski definition) is 1. The number of aryl methyl sites for hydroxylation is 1. The Morgan fingerprint density at radius 2 is 1.74 bits per heavy atom. The van der Waals surface area contributed by atoms with Crippen LogP contribution >= 0.6 is 23.5 Å². The highest BCUT2D eigenvalue weighted by Gasteiger charge is 2.29. The molecule has 1 heterocycles. The molecule has 0 aromatic heterocycles. The minimum Gasteiger partial charge on any atom is -0.352 e. The molecule has 2 aliphatic rings. The Bertz CT molecular complexity index is 1310. The van der Waals surface area contributed by atoms with Gasteiger partial charge in [0.05, 0.1) is 17.1 Å². The van der Waals surface area contributed by atoms with Gasteiger partial charge in [-0.15, -0.1) is 0 Å². The molecule has 1 aliphatic carbocycles. The van der Waals surface area contributed by atoms with Crippen LogP contribution in [0, 0.1) is 6.92 Å². The van der Waals surface area contributed by atoms with Crippen LogP contribution in [0.5, 0.6) is 0 Å². The molecule has 0 unspecified atom stereocenters. The van der Waals surface area contributed by atoms with E-state index < -0.39 is 0 Å². The van der Waals surface area contributed by atoms with Gasteiger partial charge in [0.25, 0.3) is 11.8 Å². The number of carbonyl (C=O) groups excluding carboxylic acids is 2. The first-order valence-electron chi connectivity index (χ1n) is 13.9. The van der Waals surface area contributed by atoms with Gasteiger partial charge in [0, 0.05) is 22.3 Å². The van der Waals surface area contributed by atoms with Crippen LogP contribution in [0.3, 0.4) is 0 Å². The first-order valence-corrected chi connectivity index (χ1v) is 15.8. The van der Waals surface area contributed by atoms with Gasteiger partial charge in [-0.3, -0.25) is 9.59 Å². The highest BCUT2D eigenvalue weighted by atomic mass is 32.2. The van der Waals surface area contributed by atoms with Gasteiger partial charge in [-0.2, -0.15) is 11.8 Å². The van der Waals surface area contributed by atoms with Gasteiger partial charge in [-0.05, 0) is 73.4 Å². The number of thioether (sulfide) groups is 2. The van der Waals surface area contributed by atoms with E-state index in [0.717, 1.165) is 39.1 Å². The number of amides is 2. The number of para-hydroxylation sites is 1. The average Bonchev–Trinajstić information content (AvgIpc) is 2.97. The predicted octanol–water partition coefficient (Wildman–Crippen LogP) is 7.86. The third-order valence-electron chi connectivity index (χ3n) is 7.28. The maximum absolute atomic E-state index is 13.6. The number of hydrogen-bond acceptors (Lipinski definition) is 4. The highest BCUT2D eigenvalue weighted by molar-refractivity contribution is 8.04. The summed E-state index contributed by atoms with van der Waals surface area (Å²) >= 11 is 3.57. The fourth-order valence-corrected chi connectivity index (χ4v) is 7.41. The second-order valence-electron chi connectivity index (χ2n) is 10.3. The molecule has 2 amide bonds. The summed E-state index contributed by atoms with van der Waals surface area (Å²) in [6.45, 7) is 3.29. The Morgan fingerprint density at radius 1 is 1.00 bits per heavy atom. The molecule has 0 spiro atoms. The van der Waals surface area contributed by atoms with E-state index in [4.69, 9.17) is 0 Å². The standard InChI is InChI=1S/C33H36N2O2S2/c1-24-12-14-26(15-13-24)23-35-29-10-5-6-11-30(29)39-31(33(35)37)22-25-16-18-27(19-17-25)32(36)34-20-7-21-38-28-8-3-2-4-9-28/h5-6,10-19,22,28H,2-4,7-9,20-21,23H2,1H3,(H,34,36)/b31-22+. The maximum atomic E-state index is 13.6. The van der Waals surface area contributed by atoms with Crippen molar-refractivity contribution in [3.8, 4) is 0 Å². The van der Waals surface area contributed by atoms with E-state index in [0.29, 0.717) is 23.6 Å². The summed E-state index contributed by atoms with van der Waals surface area (Å²) in [5.74, 6) is 1.05. The lowest BCUT2D eigenvalue weighted by molar-refractivity contribution is -0.114. The Labute approximate surface area is 240 Å². The molecule has 0 saturated heterocycles. The van der Waals surface area contributed by atoms with Crippen molar-refractivity contribution >= 4 is 47.1 Å². The fraction of sp³-hybridized carbons (Fsp3) is 0.333. The summed E-state index contributed by atoms with van der Waals surface area (Å²) in [5.41, 5.74) is 4.78. The van der Waals surface area contributed by atoms with Gasteiger partial charge in [0.15, 0.2) is 0 Å². The molecular weight excluding hydrogens is 521 g/mol. The van der Waals surface area contributed by atoms with E-state index >= 15 is 0 Å². The van der Waals surface area contributed by atoms with Crippen molar-refractivity contribution in [1.82, 2.24) is 5.32 Å². The number of rotatable bonds is 9. The summed E-state index contributed by atoms with van der Waals surface area (Å²) < 4.78 is 0. The number of benzene rings is 3. The second kappa shape index (κ2) is 13.4. The van der Waals surface area contributed by atoms with Gasteiger partial charge in [0.2, 0.25) is 0 Å². The molecule has 0 radical (unpaired) electrons. The molecule has 3 aromatic carbocycles. The van der Waals surface area contributed by atoms with Crippen LogP contribution in [0.25, 0.3) is 6.08 Å². The molecule has 0 atom stereocenters. The van der Waals surface area contributed by atoms with Crippen molar-refractivity contribution in [3.63, 3.8) is 0 Å². The number of nitrogens with zero attached hydrogens (tertiary/aromatic N) is 1. The largest absolute Gasteiger partial charge is 0.352 e. The van der Waals surface area contributed by atoms with Gasteiger partial charge in [0.1, 0.15) is 0 Å². The summed E-state index contributed by atoms with van der Waals surface area (Å²) in [7, 11) is 0. The number of fused-ring (bicyclic) bond motifs is 1. The van der Waals surface area contributed by atoms with Crippen molar-refractivity contribution in [2.45, 2.75) is 62.1 Å². The van der Waals surface area contributed by atoms with E-state index in [1.165, 1.54) is 49.4 Å². The van der Waals surface area contributed by atoms with Crippen molar-refractivity contribution in [3.05, 3.63) is 100.0 Å². The SMILES string of the molecule is Cc1ccc(CN2C(=O)/C(=C\c3ccc(C(=O)NCCCSC4CCCCC4)cc3)Sc3ccccc32)cc1. The van der Waals surface area contributed by atoms with Crippen LogP contribution in [0.1, 0.15) is 65.6 Å². The van der Waals surface area contributed by atoms with E-state index in [1.807, 2.05) is 53.4 Å². The third kappa shape index (κ3) is 7.37. The summed E-state index contributed by atoms with van der Waals surface area (Å²) in [5, 5.41) is 3.87. The van der Waals surface area contributed by atoms with Crippen LogP contribution in [-0.2, 0) is 11.3 Å². The van der Waals surface area contributed by atoms with Crippen LogP contribution in [0.2, 0.25) is 0 Å². The lowest BCUT2D eigenvalue weighted by atomic mass is 10.0. The minimum absolute atomic E-state index is 0.00723. The summed E-state index contributed by atoms with van der Waals surface area (Å²) in [4.78, 5) is 29.8. The van der Waals surface area contributed by atoms with Crippen LogP contribution < -0.4 is 10.2 Å². The molecule has 39 heavy (non-hydrogen) atoms. The zero-order valence-corrected chi connectivity index (χ0v) is 24.2. The highest BCUT2D eigenvalue weighted by Crippen LogP contribution is 2.42. The minimum atomic E-state index is -0.0433. The Morgan fingerprint density at radius 3 is 2.51 bits per heavy atom. The van der Waals surface area contributed by atoms with Gasteiger partial charge in [-0.1, -0.05) is 85.1 Å². The first kappa shape index (κ1) is 27.6. The molecule has 1 fully saturated rings. The van der Waals surface area contributed by atoms with Crippen LogP contribution in [-0.4, -0.2) is 29.4 Å². The number of nitrogens with one attached hydrogen (secondary N) is 1. The Kier molecular flexibility index (Phi) is 9.49. The lowest BCUT2D eigenvalue weighted by Crippen LogP contribution is -2.33. The smallest absolute Gasteiger partial charge is 0.265 e. The Hall–Kier alpha value is -2.96. The molecule has 5 rings (SSSR count). The van der Waals surface area contributed by atoms with Gasteiger partial charge in [-0.25, -0.2) is 0 Å². The second-order valence-corrected chi connectivity index (χ2v) is 12.8. The molecule has 6 heteroatoms. The molecular formula is C33H36N2O2S2. The zero-order valence-electron chi connectivity index (χ0n) is 22.5. The van der Waals surface area contributed by atoms with Gasteiger partial charge < -0.3 is 10.2 Å². The predicted molar refractivity (Wildman–Crippen MR) is 165 cm³/mol. The first-order chi connectivity index (χ1) is 19.1. The number of carbonyl (C=O) groups is 2. The lowest BCUT2D eigenvalue weighted by Gasteiger charge is -2.30. The molecule has 1 N–H and O–H groups in total. The fourth-order valence-electron chi connectivity index (χ4n) is 5.04. The summed E-state index contributed by atoms with van der Waals surface area (Å²) in [6.07, 6.45) is 9.74. The van der Waals surface area contributed by atoms with Crippen molar-refractivity contribution in [2.75, 3.05) is 17.2 Å². The van der Waals surface area contributed by atoms with E-state index in [2.05, 4.69) is 54.3 Å². The zero-order chi connectivity index (χ0) is 27.0. The average molecular weight is 557 g/mol. The molecule has 0 bridgehead atoms. The normalized spacial score (nSPS) is 16.8. The monoisotopic (exact) mass is 556 g/mol. The molecule has 4 nitrogen and oxygen atoms in total. The van der Waals surface area contributed by atoms with Crippen LogP contribution in [0.15, 0.2) is 82.6 Å². The quantitative estimate of drug-likeness (QED) is 0.215. The molecule has 1 aliphatic heterocycles. The third-order valence-corrected chi connectivity index (χ3v) is 9.82. The van der Waals surface area contributed by atoms with E-state index in [-0.39, 0.29) is 11.8 Å². The van der Waals surface area contributed by atoms with Gasteiger partial charge >= 0.3 is 0 Å². The van der Waals surface area contributed by atoms with E-state index in [1.54, 1.807) is 0 Å². The van der Waals surface area contributed by atoms with Crippen molar-refractivity contribution in [1.29, 1.82) is 0 Å². The summed E-state index contributed by atoms with van der Waals surface area (Å²) in [6, 6.07) is 23.9. The van der Waals surface area contributed by atoms with E-state index in [9.17, 15) is 9.59 Å². The van der Waals surface area contributed by atoms with Crippen LogP contribution in [0.4, 0.5) is 5.69 Å². The maximum Gasteiger partial charge on any atom is 0.265 e. The molecule has 202 valence electrons. The number of anilines is 1. The molecule has 1 saturated carbocycles. The Balaban J connectivity index is 1.20. The van der Waals surface area contributed by atoms with Crippen molar-refractivity contribution in [2.24, 2.45) is 0 Å². The van der Waals surface area contributed by atoms with Crippen molar-refractivity contribution < 1.29 is 9.59 Å².